The van der Waals surface area contributed by atoms with Crippen molar-refractivity contribution in [2.75, 3.05) is 37.7 Å². The van der Waals surface area contributed by atoms with Gasteiger partial charge in [-0.05, 0) is 38.0 Å². The van der Waals surface area contributed by atoms with Crippen LogP contribution in [0, 0.1) is 0 Å². The summed E-state index contributed by atoms with van der Waals surface area (Å²) >= 11 is 0. The lowest BCUT2D eigenvalue weighted by Gasteiger charge is -2.34. The van der Waals surface area contributed by atoms with Crippen LogP contribution in [0.3, 0.4) is 0 Å². The van der Waals surface area contributed by atoms with Gasteiger partial charge in [0.05, 0.1) is 30.6 Å². The first-order valence-corrected chi connectivity index (χ1v) is 9.60. The van der Waals surface area contributed by atoms with Crippen molar-refractivity contribution in [3.8, 4) is 0 Å². The van der Waals surface area contributed by atoms with Gasteiger partial charge in [-0.1, -0.05) is 12.2 Å². The zero-order valence-corrected chi connectivity index (χ0v) is 15.6. The maximum Gasteiger partial charge on any atom is 0.226 e. The van der Waals surface area contributed by atoms with E-state index in [1.807, 2.05) is 19.1 Å². The molecule has 3 aliphatic rings. The number of nitrogens with zero attached hydrogens (tertiary/aromatic N) is 3. The van der Waals surface area contributed by atoms with Crippen LogP contribution < -0.4 is 10.2 Å². The van der Waals surface area contributed by atoms with Crippen LogP contribution in [0.4, 0.5) is 10.3 Å². The predicted octanol–water partition coefficient (Wildman–Crippen LogP) is 2.46. The predicted molar refractivity (Wildman–Crippen MR) is 101 cm³/mol. The van der Waals surface area contributed by atoms with E-state index in [9.17, 15) is 4.39 Å². The minimum absolute atomic E-state index is 0.245. The van der Waals surface area contributed by atoms with Crippen LogP contribution in [0.5, 0.6) is 0 Å². The average molecular weight is 358 g/mol. The molecule has 3 heterocycles. The number of morpholine rings is 1. The third kappa shape index (κ3) is 3.40. The van der Waals surface area contributed by atoms with E-state index in [0.29, 0.717) is 19.6 Å². The van der Waals surface area contributed by atoms with Crippen molar-refractivity contribution in [2.24, 2.45) is 0 Å². The first-order chi connectivity index (χ1) is 12.6. The Morgan fingerprint density at radius 1 is 1.23 bits per heavy atom. The van der Waals surface area contributed by atoms with Crippen LogP contribution in [-0.2, 0) is 17.6 Å². The van der Waals surface area contributed by atoms with Gasteiger partial charge in [0.25, 0.3) is 0 Å². The number of rotatable bonds is 2. The highest BCUT2D eigenvalue weighted by Crippen LogP contribution is 2.33. The fourth-order valence-corrected chi connectivity index (χ4v) is 3.88. The van der Waals surface area contributed by atoms with Gasteiger partial charge in [-0.3, -0.25) is 0 Å². The summed E-state index contributed by atoms with van der Waals surface area (Å²) in [6, 6.07) is 0.245. The molecule has 1 aliphatic carbocycles. The molecule has 1 fully saturated rings. The van der Waals surface area contributed by atoms with Gasteiger partial charge in [-0.25, -0.2) is 14.4 Å². The first-order valence-electron chi connectivity index (χ1n) is 9.60. The summed E-state index contributed by atoms with van der Waals surface area (Å²) in [5.41, 5.74) is 5.02. The number of ether oxygens (including phenoxy) is 1. The Labute approximate surface area is 154 Å². The van der Waals surface area contributed by atoms with Gasteiger partial charge in [-0.2, -0.15) is 0 Å². The fraction of sp³-hybridized carbons (Fsp3) is 0.600. The maximum atomic E-state index is 14.4. The largest absolute Gasteiger partial charge is 0.377 e. The first kappa shape index (κ1) is 17.6. The van der Waals surface area contributed by atoms with Crippen molar-refractivity contribution in [3.63, 3.8) is 0 Å². The molecule has 2 atom stereocenters. The number of fused-ring (bicyclic) bond motifs is 1. The molecule has 6 heteroatoms. The highest BCUT2D eigenvalue weighted by Gasteiger charge is 2.27. The summed E-state index contributed by atoms with van der Waals surface area (Å²) in [4.78, 5) is 12.1. The normalized spacial score (nSPS) is 26.7. The van der Waals surface area contributed by atoms with E-state index >= 15 is 0 Å². The molecule has 0 bridgehead atoms. The summed E-state index contributed by atoms with van der Waals surface area (Å²) in [5.74, 6) is 0.763. The van der Waals surface area contributed by atoms with Gasteiger partial charge in [0.2, 0.25) is 5.95 Å². The lowest BCUT2D eigenvalue weighted by Crippen LogP contribution is -2.44. The second kappa shape index (κ2) is 7.45. The average Bonchev–Trinajstić information content (AvgIpc) is 2.89. The molecule has 0 aromatic carbocycles. The van der Waals surface area contributed by atoms with Gasteiger partial charge in [-0.15, -0.1) is 0 Å². The van der Waals surface area contributed by atoms with Gasteiger partial charge >= 0.3 is 0 Å². The zero-order valence-electron chi connectivity index (χ0n) is 15.6. The van der Waals surface area contributed by atoms with Crippen molar-refractivity contribution in [1.29, 1.82) is 0 Å². The van der Waals surface area contributed by atoms with Crippen LogP contribution in [-0.4, -0.2) is 55.0 Å². The molecule has 1 aromatic heterocycles. The third-order valence-electron chi connectivity index (χ3n) is 5.54. The van der Waals surface area contributed by atoms with E-state index in [4.69, 9.17) is 14.7 Å². The molecule has 0 spiro atoms. The fourth-order valence-electron chi connectivity index (χ4n) is 3.88. The van der Waals surface area contributed by atoms with E-state index in [1.54, 1.807) is 0 Å². The molecule has 0 radical (unpaired) electrons. The van der Waals surface area contributed by atoms with Gasteiger partial charge in [0.15, 0.2) is 0 Å². The molecule has 26 heavy (non-hydrogen) atoms. The molecular weight excluding hydrogens is 331 g/mol. The minimum Gasteiger partial charge on any atom is -0.377 e. The van der Waals surface area contributed by atoms with Crippen LogP contribution in [0.25, 0.3) is 5.57 Å². The molecule has 1 aromatic rings. The number of aromatic nitrogens is 2. The summed E-state index contributed by atoms with van der Waals surface area (Å²) in [6.45, 7) is 8.00. The number of halogens is 1. The molecule has 1 N–H and O–H groups in total. The minimum atomic E-state index is -0.921. The summed E-state index contributed by atoms with van der Waals surface area (Å²) in [5, 5.41) is 3.44. The molecule has 1 saturated heterocycles. The molecule has 0 amide bonds. The zero-order chi connectivity index (χ0) is 18.1. The Balaban J connectivity index is 1.79. The summed E-state index contributed by atoms with van der Waals surface area (Å²) in [6.07, 6.45) is 5.19. The van der Waals surface area contributed by atoms with E-state index < -0.39 is 6.17 Å². The molecular formula is C20H27FN4O. The Kier molecular flexibility index (Phi) is 5.05. The van der Waals surface area contributed by atoms with E-state index in [2.05, 4.69) is 17.1 Å². The Morgan fingerprint density at radius 2 is 2.08 bits per heavy atom. The Hall–Kier alpha value is -1.79. The number of allylic oxidation sites excluding steroid dienone is 4. The van der Waals surface area contributed by atoms with Gasteiger partial charge < -0.3 is 15.0 Å². The molecule has 140 valence electrons. The lowest BCUT2D eigenvalue weighted by molar-refractivity contribution is 0.0980. The van der Waals surface area contributed by atoms with E-state index in [0.717, 1.165) is 61.0 Å². The van der Waals surface area contributed by atoms with Gasteiger partial charge in [0.1, 0.15) is 6.17 Å². The SMILES string of the molecule is CC1=CC=C(c2nc(N3CCOC[C@@H]3C)nc3c2CCNCC3)CC1F. The van der Waals surface area contributed by atoms with E-state index in [1.165, 1.54) is 5.56 Å². The number of hydrogen-bond donors (Lipinski definition) is 1. The lowest BCUT2D eigenvalue weighted by atomic mass is 9.91. The highest BCUT2D eigenvalue weighted by molar-refractivity contribution is 5.71. The molecule has 4 rings (SSSR count). The third-order valence-corrected chi connectivity index (χ3v) is 5.54. The van der Waals surface area contributed by atoms with Crippen molar-refractivity contribution in [3.05, 3.63) is 34.7 Å². The van der Waals surface area contributed by atoms with Crippen LogP contribution in [0.2, 0.25) is 0 Å². The number of hydrogen-bond acceptors (Lipinski definition) is 5. The van der Waals surface area contributed by atoms with Gasteiger partial charge in [0, 0.05) is 31.5 Å². The van der Waals surface area contributed by atoms with Crippen molar-refractivity contribution in [2.45, 2.75) is 45.3 Å². The molecule has 2 aliphatic heterocycles. The second-order valence-electron chi connectivity index (χ2n) is 7.44. The van der Waals surface area contributed by atoms with E-state index in [-0.39, 0.29) is 6.04 Å². The summed E-state index contributed by atoms with van der Waals surface area (Å²) in [7, 11) is 0. The smallest absolute Gasteiger partial charge is 0.226 e. The highest BCUT2D eigenvalue weighted by atomic mass is 19.1. The molecule has 5 nitrogen and oxygen atoms in total. The Bertz CT molecular complexity index is 746. The second-order valence-corrected chi connectivity index (χ2v) is 7.44. The number of anilines is 1. The van der Waals surface area contributed by atoms with Crippen LogP contribution >= 0.6 is 0 Å². The van der Waals surface area contributed by atoms with Crippen LogP contribution in [0.1, 0.15) is 37.2 Å². The topological polar surface area (TPSA) is 50.3 Å². The van der Waals surface area contributed by atoms with Crippen LogP contribution in [0.15, 0.2) is 17.7 Å². The number of nitrogens with one attached hydrogen (secondary N) is 1. The monoisotopic (exact) mass is 358 g/mol. The van der Waals surface area contributed by atoms with Crippen molar-refractivity contribution < 1.29 is 9.13 Å². The number of alkyl halides is 1. The standard InChI is InChI=1S/C20H27FN4O/c1-13-3-4-15(11-17(13)21)19-16-5-7-22-8-6-18(16)23-20(24-19)25-9-10-26-12-14(25)2/h3-4,14,17,22H,5-12H2,1-2H3/t14-,17?/m0/s1. The molecule has 0 saturated carbocycles. The van der Waals surface area contributed by atoms with Crippen molar-refractivity contribution in [1.82, 2.24) is 15.3 Å². The quantitative estimate of drug-likeness (QED) is 0.880. The van der Waals surface area contributed by atoms with Crippen molar-refractivity contribution >= 4 is 11.5 Å². The Morgan fingerprint density at radius 3 is 2.88 bits per heavy atom. The summed E-state index contributed by atoms with van der Waals surface area (Å²) < 4.78 is 19.9. The maximum absolute atomic E-state index is 14.4. The molecule has 1 unspecified atom stereocenters.